The molecule has 6 heteroatoms. The number of halogens is 1. The lowest BCUT2D eigenvalue weighted by atomic mass is 10.0. The Hall–Kier alpha value is -1.95. The molecule has 0 aliphatic carbocycles. The number of hydrogen-bond acceptors (Lipinski definition) is 3. The monoisotopic (exact) mass is 267 g/mol. The van der Waals surface area contributed by atoms with Gasteiger partial charge in [-0.05, 0) is 31.5 Å². The summed E-state index contributed by atoms with van der Waals surface area (Å²) < 4.78 is 18.7. The Morgan fingerprint density at radius 3 is 2.74 bits per heavy atom. The second-order valence-corrected chi connectivity index (χ2v) is 4.46. The quantitative estimate of drug-likeness (QED) is 0.876. The Morgan fingerprint density at radius 1 is 1.47 bits per heavy atom. The topological polar surface area (TPSA) is 75.6 Å². The summed E-state index contributed by atoms with van der Waals surface area (Å²) in [5.41, 5.74) is -0.179. The fourth-order valence-corrected chi connectivity index (χ4v) is 2.08. The van der Waals surface area contributed by atoms with E-state index in [-0.39, 0.29) is 23.6 Å². The molecule has 1 heterocycles. The van der Waals surface area contributed by atoms with Gasteiger partial charge in [0.1, 0.15) is 5.82 Å². The second-order valence-electron chi connectivity index (χ2n) is 4.46. The summed E-state index contributed by atoms with van der Waals surface area (Å²) in [4.78, 5) is 22.6. The fourth-order valence-electron chi connectivity index (χ4n) is 2.08. The molecule has 19 heavy (non-hydrogen) atoms. The highest BCUT2D eigenvalue weighted by Crippen LogP contribution is 2.23. The van der Waals surface area contributed by atoms with Crippen molar-refractivity contribution in [2.45, 2.75) is 19.4 Å². The van der Waals surface area contributed by atoms with E-state index in [2.05, 4.69) is 5.32 Å². The van der Waals surface area contributed by atoms with Crippen LogP contribution in [0.25, 0.3) is 0 Å². The van der Waals surface area contributed by atoms with E-state index in [1.807, 2.05) is 6.92 Å². The molecule has 0 radical (unpaired) electrons. The third-order valence-electron chi connectivity index (χ3n) is 3.18. The van der Waals surface area contributed by atoms with Crippen LogP contribution in [0.3, 0.4) is 0 Å². The van der Waals surface area contributed by atoms with Crippen LogP contribution in [0.4, 0.5) is 10.1 Å². The van der Waals surface area contributed by atoms with Gasteiger partial charge in [0.2, 0.25) is 5.91 Å². The highest BCUT2D eigenvalue weighted by Gasteiger charge is 2.30. The Balaban J connectivity index is 2.09. The van der Waals surface area contributed by atoms with Crippen molar-refractivity contribution in [3.63, 3.8) is 0 Å². The van der Waals surface area contributed by atoms with E-state index in [9.17, 15) is 14.0 Å². The van der Waals surface area contributed by atoms with Crippen molar-refractivity contribution in [1.29, 1.82) is 0 Å². The van der Waals surface area contributed by atoms with Crippen LogP contribution in [0.15, 0.2) is 18.2 Å². The van der Waals surface area contributed by atoms with E-state index in [1.165, 1.54) is 6.07 Å². The minimum absolute atomic E-state index is 0.164. The van der Waals surface area contributed by atoms with Gasteiger partial charge in [-0.2, -0.15) is 0 Å². The zero-order valence-electron chi connectivity index (χ0n) is 10.4. The Morgan fingerprint density at radius 2 is 2.21 bits per heavy atom. The van der Waals surface area contributed by atoms with Crippen molar-refractivity contribution in [3.05, 3.63) is 29.6 Å². The number of carboxylic acids is 1. The minimum Gasteiger partial charge on any atom is -0.478 e. The third kappa shape index (κ3) is 2.90. The molecule has 0 bridgehead atoms. The van der Waals surface area contributed by atoms with Gasteiger partial charge in [-0.3, -0.25) is 4.79 Å². The van der Waals surface area contributed by atoms with E-state index in [0.29, 0.717) is 13.0 Å². The number of aromatic carboxylic acids is 1. The minimum atomic E-state index is -1.34. The van der Waals surface area contributed by atoms with E-state index >= 15 is 0 Å². The summed E-state index contributed by atoms with van der Waals surface area (Å²) >= 11 is 0. The number of anilines is 1. The second kappa shape index (κ2) is 5.36. The number of rotatable bonds is 3. The molecule has 102 valence electrons. The number of benzene rings is 1. The van der Waals surface area contributed by atoms with Crippen LogP contribution in [0, 0.1) is 11.7 Å². The predicted octanol–water partition coefficient (Wildman–Crippen LogP) is 1.89. The maximum atomic E-state index is 13.4. The van der Waals surface area contributed by atoms with Crippen LogP contribution < -0.4 is 5.32 Å². The highest BCUT2D eigenvalue weighted by molar-refractivity contribution is 5.94. The van der Waals surface area contributed by atoms with Gasteiger partial charge in [-0.25, -0.2) is 9.18 Å². The summed E-state index contributed by atoms with van der Waals surface area (Å²) in [6, 6.07) is 3.49. The molecule has 1 aliphatic rings. The lowest BCUT2D eigenvalue weighted by Gasteiger charge is -2.14. The van der Waals surface area contributed by atoms with Gasteiger partial charge < -0.3 is 15.2 Å². The van der Waals surface area contributed by atoms with Gasteiger partial charge in [0.05, 0.1) is 17.6 Å². The normalized spacial score (nSPS) is 22.2. The Labute approximate surface area is 109 Å². The van der Waals surface area contributed by atoms with Gasteiger partial charge in [-0.15, -0.1) is 0 Å². The smallest absolute Gasteiger partial charge is 0.338 e. The van der Waals surface area contributed by atoms with Crippen molar-refractivity contribution >= 4 is 17.6 Å². The molecule has 1 aromatic rings. The van der Waals surface area contributed by atoms with Gasteiger partial charge in [0.25, 0.3) is 0 Å². The number of carbonyl (C=O) groups excluding carboxylic acids is 1. The average Bonchev–Trinajstić information content (AvgIpc) is 2.75. The molecule has 0 aromatic heterocycles. The highest BCUT2D eigenvalue weighted by atomic mass is 19.1. The molecule has 1 saturated heterocycles. The zero-order chi connectivity index (χ0) is 14.0. The van der Waals surface area contributed by atoms with Crippen LogP contribution in [0.2, 0.25) is 0 Å². The van der Waals surface area contributed by atoms with Gasteiger partial charge in [0, 0.05) is 12.3 Å². The maximum Gasteiger partial charge on any atom is 0.338 e. The first kappa shape index (κ1) is 13.5. The summed E-state index contributed by atoms with van der Waals surface area (Å²) in [7, 11) is 0. The zero-order valence-corrected chi connectivity index (χ0v) is 10.4. The van der Waals surface area contributed by atoms with Gasteiger partial charge in [-0.1, -0.05) is 0 Å². The molecule has 2 atom stereocenters. The molecule has 1 aliphatic heterocycles. The first-order chi connectivity index (χ1) is 8.99. The van der Waals surface area contributed by atoms with Crippen molar-refractivity contribution in [1.82, 2.24) is 0 Å². The predicted molar refractivity (Wildman–Crippen MR) is 65.5 cm³/mol. The summed E-state index contributed by atoms with van der Waals surface area (Å²) in [5, 5.41) is 11.3. The largest absolute Gasteiger partial charge is 0.478 e. The molecular weight excluding hydrogens is 253 g/mol. The first-order valence-electron chi connectivity index (χ1n) is 5.94. The van der Waals surface area contributed by atoms with Crippen molar-refractivity contribution in [2.24, 2.45) is 5.92 Å². The molecule has 2 rings (SSSR count). The molecule has 2 N–H and O–H groups in total. The van der Waals surface area contributed by atoms with E-state index in [4.69, 9.17) is 9.84 Å². The van der Waals surface area contributed by atoms with Crippen molar-refractivity contribution < 1.29 is 23.8 Å². The Kier molecular flexibility index (Phi) is 3.80. The van der Waals surface area contributed by atoms with Gasteiger partial charge in [0.15, 0.2) is 0 Å². The van der Waals surface area contributed by atoms with Crippen LogP contribution in [0.1, 0.15) is 23.7 Å². The molecule has 2 unspecified atom stereocenters. The molecule has 1 fully saturated rings. The molecule has 1 aromatic carbocycles. The Bertz CT molecular complexity index is 517. The summed E-state index contributed by atoms with van der Waals surface area (Å²) in [6.07, 6.45) is 0.464. The summed E-state index contributed by atoms with van der Waals surface area (Å²) in [5.74, 6) is -2.72. The molecule has 0 spiro atoms. The van der Waals surface area contributed by atoms with Crippen molar-refractivity contribution in [2.75, 3.05) is 11.9 Å². The van der Waals surface area contributed by atoms with E-state index < -0.39 is 17.3 Å². The van der Waals surface area contributed by atoms with Crippen LogP contribution in [-0.4, -0.2) is 29.7 Å². The number of nitrogens with one attached hydrogen (secondary N) is 1. The van der Waals surface area contributed by atoms with Crippen LogP contribution in [0.5, 0.6) is 0 Å². The van der Waals surface area contributed by atoms with E-state index in [1.54, 1.807) is 0 Å². The number of carboxylic acid groups (broad SMARTS) is 1. The lowest BCUT2D eigenvalue weighted by molar-refractivity contribution is -0.121. The van der Waals surface area contributed by atoms with Gasteiger partial charge >= 0.3 is 5.97 Å². The first-order valence-corrected chi connectivity index (χ1v) is 5.94. The number of ether oxygens (including phenoxy) is 1. The average molecular weight is 267 g/mol. The summed E-state index contributed by atoms with van der Waals surface area (Å²) in [6.45, 7) is 2.34. The van der Waals surface area contributed by atoms with Crippen LogP contribution >= 0.6 is 0 Å². The molecule has 5 nitrogen and oxygen atoms in total. The maximum absolute atomic E-state index is 13.4. The lowest BCUT2D eigenvalue weighted by Crippen LogP contribution is -2.27. The third-order valence-corrected chi connectivity index (χ3v) is 3.18. The fraction of sp³-hybridized carbons (Fsp3) is 0.385. The number of amides is 1. The van der Waals surface area contributed by atoms with Crippen molar-refractivity contribution in [3.8, 4) is 0 Å². The molecular formula is C13H14FNO4. The standard InChI is InChI=1S/C13H14FNO4/c1-7-9(4-5-19-7)12(16)15-8-2-3-10(13(17)18)11(14)6-8/h2-3,6-7,9H,4-5H2,1H3,(H,15,16)(H,17,18). The van der Waals surface area contributed by atoms with E-state index in [0.717, 1.165) is 12.1 Å². The number of carbonyl (C=O) groups is 2. The van der Waals surface area contributed by atoms with Crippen LogP contribution in [-0.2, 0) is 9.53 Å². The number of hydrogen-bond donors (Lipinski definition) is 2. The SMILES string of the molecule is CC1OCCC1C(=O)Nc1ccc(C(=O)O)c(F)c1. The molecule has 0 saturated carbocycles. The molecule has 1 amide bonds.